The van der Waals surface area contributed by atoms with Crippen LogP contribution in [0.25, 0.3) is 0 Å². The van der Waals surface area contributed by atoms with Gasteiger partial charge in [-0.1, -0.05) is 6.92 Å². The van der Waals surface area contributed by atoms with E-state index in [4.69, 9.17) is 0 Å². The maximum Gasteiger partial charge on any atom is 0.270 e. The van der Waals surface area contributed by atoms with Crippen molar-refractivity contribution in [3.8, 4) is 0 Å². The highest BCUT2D eigenvalue weighted by Gasteiger charge is 2.08. The zero-order valence-corrected chi connectivity index (χ0v) is 12.3. The van der Waals surface area contributed by atoms with Gasteiger partial charge in [-0.25, -0.2) is 9.97 Å². The first-order valence-electron chi connectivity index (χ1n) is 6.95. The van der Waals surface area contributed by atoms with E-state index in [1.54, 1.807) is 24.5 Å². The van der Waals surface area contributed by atoms with Crippen LogP contribution in [0.4, 0.5) is 5.69 Å². The first kappa shape index (κ1) is 14.9. The molecular formula is C15H19N5O. The second-order valence-electron chi connectivity index (χ2n) is 4.63. The van der Waals surface area contributed by atoms with E-state index >= 15 is 0 Å². The summed E-state index contributed by atoms with van der Waals surface area (Å²) in [4.78, 5) is 24.4. The number of carbonyl (C=O) groups excluding carboxylic acids is 1. The van der Waals surface area contributed by atoms with Gasteiger partial charge < -0.3 is 10.6 Å². The molecule has 0 saturated carbocycles. The molecule has 6 nitrogen and oxygen atoms in total. The van der Waals surface area contributed by atoms with E-state index in [1.807, 2.05) is 13.0 Å². The third-order valence-electron chi connectivity index (χ3n) is 2.84. The molecule has 0 aliphatic rings. The number of amides is 1. The SMILES string of the molecule is CCCNc1ccnc(C(=O)NCc2ccnc(C)n2)c1. The molecule has 21 heavy (non-hydrogen) atoms. The van der Waals surface area contributed by atoms with Gasteiger partial charge in [0, 0.05) is 24.6 Å². The predicted molar refractivity (Wildman–Crippen MR) is 81.0 cm³/mol. The zero-order valence-electron chi connectivity index (χ0n) is 12.3. The van der Waals surface area contributed by atoms with Crippen LogP contribution in [0.2, 0.25) is 0 Å². The lowest BCUT2D eigenvalue weighted by atomic mass is 10.3. The zero-order chi connectivity index (χ0) is 15.1. The Morgan fingerprint density at radius 2 is 2.05 bits per heavy atom. The summed E-state index contributed by atoms with van der Waals surface area (Å²) < 4.78 is 0. The number of carbonyl (C=O) groups is 1. The van der Waals surface area contributed by atoms with Crippen molar-refractivity contribution in [3.05, 3.63) is 47.8 Å². The summed E-state index contributed by atoms with van der Waals surface area (Å²) in [6, 6.07) is 5.37. The van der Waals surface area contributed by atoms with E-state index in [1.165, 1.54) is 0 Å². The molecule has 0 aromatic carbocycles. The third-order valence-corrected chi connectivity index (χ3v) is 2.84. The van der Waals surface area contributed by atoms with Gasteiger partial charge in [-0.3, -0.25) is 9.78 Å². The molecule has 0 aliphatic heterocycles. The van der Waals surface area contributed by atoms with Gasteiger partial charge in [0.2, 0.25) is 0 Å². The largest absolute Gasteiger partial charge is 0.385 e. The fourth-order valence-electron chi connectivity index (χ4n) is 1.80. The minimum atomic E-state index is -0.216. The van der Waals surface area contributed by atoms with Crippen LogP contribution in [0.15, 0.2) is 30.6 Å². The van der Waals surface area contributed by atoms with E-state index in [0.29, 0.717) is 18.1 Å². The van der Waals surface area contributed by atoms with E-state index in [2.05, 4.69) is 32.5 Å². The van der Waals surface area contributed by atoms with E-state index < -0.39 is 0 Å². The molecule has 110 valence electrons. The van der Waals surface area contributed by atoms with Crippen LogP contribution < -0.4 is 10.6 Å². The average molecular weight is 285 g/mol. The van der Waals surface area contributed by atoms with Crippen molar-refractivity contribution in [2.24, 2.45) is 0 Å². The molecule has 0 fully saturated rings. The Morgan fingerprint density at radius 3 is 2.81 bits per heavy atom. The summed E-state index contributed by atoms with van der Waals surface area (Å²) >= 11 is 0. The van der Waals surface area contributed by atoms with Crippen molar-refractivity contribution < 1.29 is 4.79 Å². The summed E-state index contributed by atoms with van der Waals surface area (Å²) in [7, 11) is 0. The van der Waals surface area contributed by atoms with Crippen LogP contribution in [0, 0.1) is 6.92 Å². The smallest absolute Gasteiger partial charge is 0.270 e. The van der Waals surface area contributed by atoms with Gasteiger partial charge >= 0.3 is 0 Å². The lowest BCUT2D eigenvalue weighted by Gasteiger charge is -2.07. The average Bonchev–Trinajstić information content (AvgIpc) is 2.51. The molecule has 2 aromatic heterocycles. The van der Waals surface area contributed by atoms with Crippen molar-refractivity contribution in [2.45, 2.75) is 26.8 Å². The van der Waals surface area contributed by atoms with Crippen molar-refractivity contribution >= 4 is 11.6 Å². The van der Waals surface area contributed by atoms with Gasteiger partial charge in [0.05, 0.1) is 12.2 Å². The highest BCUT2D eigenvalue weighted by Crippen LogP contribution is 2.08. The normalized spacial score (nSPS) is 10.2. The molecule has 0 unspecified atom stereocenters. The molecule has 2 aromatic rings. The van der Waals surface area contributed by atoms with Crippen LogP contribution in [0.5, 0.6) is 0 Å². The van der Waals surface area contributed by atoms with Crippen LogP contribution in [0.1, 0.15) is 35.4 Å². The molecule has 0 aliphatic carbocycles. The number of aryl methyl sites for hydroxylation is 1. The molecule has 0 bridgehead atoms. The minimum Gasteiger partial charge on any atom is -0.385 e. The maximum atomic E-state index is 12.1. The molecule has 6 heteroatoms. The number of aromatic nitrogens is 3. The third kappa shape index (κ3) is 4.52. The molecule has 0 radical (unpaired) electrons. The Morgan fingerprint density at radius 1 is 1.24 bits per heavy atom. The molecule has 2 rings (SSSR count). The van der Waals surface area contributed by atoms with Gasteiger partial charge in [-0.05, 0) is 31.5 Å². The standard InChI is InChI=1S/C15H19N5O/c1-3-6-17-12-4-8-18-14(9-12)15(21)19-10-13-5-7-16-11(2)20-13/h4-5,7-9H,3,6,10H2,1-2H3,(H,17,18)(H,19,21). The molecular weight excluding hydrogens is 266 g/mol. The molecule has 2 N–H and O–H groups in total. The van der Waals surface area contributed by atoms with Crippen LogP contribution >= 0.6 is 0 Å². The molecule has 1 amide bonds. The number of rotatable bonds is 6. The van der Waals surface area contributed by atoms with Crippen molar-refractivity contribution in [1.29, 1.82) is 0 Å². The Bertz CT molecular complexity index is 615. The quantitative estimate of drug-likeness (QED) is 0.847. The summed E-state index contributed by atoms with van der Waals surface area (Å²) in [5.41, 5.74) is 2.06. The number of pyridine rings is 1. The Hall–Kier alpha value is -2.50. The Balaban J connectivity index is 1.96. The maximum absolute atomic E-state index is 12.1. The van der Waals surface area contributed by atoms with E-state index in [0.717, 1.165) is 24.3 Å². The first-order valence-corrected chi connectivity index (χ1v) is 6.95. The predicted octanol–water partition coefficient (Wildman–Crippen LogP) is 1.93. The highest BCUT2D eigenvalue weighted by atomic mass is 16.1. The topological polar surface area (TPSA) is 79.8 Å². The van der Waals surface area contributed by atoms with Gasteiger partial charge in [0.1, 0.15) is 11.5 Å². The molecule has 2 heterocycles. The highest BCUT2D eigenvalue weighted by molar-refractivity contribution is 5.93. The summed E-state index contributed by atoms with van der Waals surface area (Å²) in [5.74, 6) is 0.469. The Kier molecular flexibility index (Phi) is 5.20. The lowest BCUT2D eigenvalue weighted by Crippen LogP contribution is -2.24. The fraction of sp³-hybridized carbons (Fsp3) is 0.333. The van der Waals surface area contributed by atoms with Crippen molar-refractivity contribution in [3.63, 3.8) is 0 Å². The van der Waals surface area contributed by atoms with Crippen LogP contribution in [-0.2, 0) is 6.54 Å². The van der Waals surface area contributed by atoms with Crippen LogP contribution in [-0.4, -0.2) is 27.4 Å². The number of anilines is 1. The lowest BCUT2D eigenvalue weighted by molar-refractivity contribution is 0.0945. The number of hydrogen-bond donors (Lipinski definition) is 2. The number of hydrogen-bond acceptors (Lipinski definition) is 5. The summed E-state index contributed by atoms with van der Waals surface area (Å²) in [6.07, 6.45) is 4.33. The minimum absolute atomic E-state index is 0.216. The van der Waals surface area contributed by atoms with Gasteiger partial charge in [0.25, 0.3) is 5.91 Å². The van der Waals surface area contributed by atoms with Crippen molar-refractivity contribution in [1.82, 2.24) is 20.3 Å². The number of nitrogens with one attached hydrogen (secondary N) is 2. The van der Waals surface area contributed by atoms with Gasteiger partial charge in [-0.15, -0.1) is 0 Å². The van der Waals surface area contributed by atoms with Crippen molar-refractivity contribution in [2.75, 3.05) is 11.9 Å². The molecule has 0 spiro atoms. The molecule has 0 atom stereocenters. The fourth-order valence-corrected chi connectivity index (χ4v) is 1.80. The number of nitrogens with zero attached hydrogens (tertiary/aromatic N) is 3. The second-order valence-corrected chi connectivity index (χ2v) is 4.63. The molecule has 0 saturated heterocycles. The monoisotopic (exact) mass is 285 g/mol. The second kappa shape index (κ2) is 7.33. The van der Waals surface area contributed by atoms with Gasteiger partial charge in [-0.2, -0.15) is 0 Å². The van der Waals surface area contributed by atoms with E-state index in [9.17, 15) is 4.79 Å². The Labute approximate surface area is 124 Å². The first-order chi connectivity index (χ1) is 10.2. The van der Waals surface area contributed by atoms with Gasteiger partial charge in [0.15, 0.2) is 0 Å². The summed E-state index contributed by atoms with van der Waals surface area (Å²) in [5, 5.41) is 6.04. The van der Waals surface area contributed by atoms with E-state index in [-0.39, 0.29) is 5.91 Å². The van der Waals surface area contributed by atoms with Crippen LogP contribution in [0.3, 0.4) is 0 Å². The summed E-state index contributed by atoms with van der Waals surface area (Å²) in [6.45, 7) is 5.13.